The van der Waals surface area contributed by atoms with Gasteiger partial charge in [0.1, 0.15) is 0 Å². The smallest absolute Gasteiger partial charge is 0.412 e. The molecule has 2 amide bonds. The van der Waals surface area contributed by atoms with Crippen LogP contribution in [0.15, 0.2) is 58.9 Å². The fraction of sp³-hybridized carbons (Fsp3) is 0.150. The van der Waals surface area contributed by atoms with Gasteiger partial charge in [-0.1, -0.05) is 23.2 Å². The minimum atomic E-state index is -3.80. The van der Waals surface area contributed by atoms with Crippen LogP contribution in [0, 0.1) is 0 Å². The lowest BCUT2D eigenvalue weighted by molar-refractivity contribution is -0.124. The fourth-order valence-corrected chi connectivity index (χ4v) is 5.38. The number of rotatable bonds is 6. The van der Waals surface area contributed by atoms with Crippen LogP contribution in [-0.2, 0) is 19.6 Å². The minimum absolute atomic E-state index is 0. The Morgan fingerprint density at radius 2 is 1.97 bits per heavy atom. The number of thiazole rings is 1. The Bertz CT molecular complexity index is 1300. The summed E-state index contributed by atoms with van der Waals surface area (Å²) in [7, 11) is -3.80. The van der Waals surface area contributed by atoms with Crippen LogP contribution in [0.4, 0.5) is 21.3 Å². The van der Waals surface area contributed by atoms with Gasteiger partial charge in [0.2, 0.25) is 0 Å². The molecule has 0 spiro atoms. The Kier molecular flexibility index (Phi) is 6.75. The van der Waals surface area contributed by atoms with E-state index in [-0.39, 0.29) is 24.3 Å². The van der Waals surface area contributed by atoms with Crippen LogP contribution in [0.3, 0.4) is 0 Å². The average Bonchev–Trinajstić information content (AvgIpc) is 3.40. The summed E-state index contributed by atoms with van der Waals surface area (Å²) in [5, 5.41) is 5.04. The molecule has 1 atom stereocenters. The number of anilines is 3. The molecule has 0 saturated carbocycles. The molecule has 2 heterocycles. The monoisotopic (exact) mass is 530 g/mol. The number of carbonyl (C=O) groups excluding carboxylic acids is 2. The number of nitrogens with zero attached hydrogens (tertiary/aromatic N) is 2. The summed E-state index contributed by atoms with van der Waals surface area (Å²) in [6, 6.07) is 10.4. The van der Waals surface area contributed by atoms with Crippen molar-refractivity contribution < 1.29 is 25.6 Å². The van der Waals surface area contributed by atoms with Gasteiger partial charge in [0.15, 0.2) is 11.2 Å². The Morgan fingerprint density at radius 1 is 1.21 bits per heavy atom. The summed E-state index contributed by atoms with van der Waals surface area (Å²) >= 11 is 13.0. The number of nitrogens with one attached hydrogen (secondary N) is 2. The summed E-state index contributed by atoms with van der Waals surface area (Å²) in [4.78, 5) is 30.3. The van der Waals surface area contributed by atoms with Crippen LogP contribution in [0.5, 0.6) is 0 Å². The number of hydrogen-bond acceptors (Lipinski definition) is 7. The van der Waals surface area contributed by atoms with Crippen molar-refractivity contribution >= 4 is 73.1 Å². The van der Waals surface area contributed by atoms with E-state index in [1.165, 1.54) is 47.5 Å². The highest BCUT2D eigenvalue weighted by atomic mass is 35.5. The van der Waals surface area contributed by atoms with E-state index in [0.29, 0.717) is 22.9 Å². The summed E-state index contributed by atoms with van der Waals surface area (Å²) in [5.74, 6) is -0.413. The van der Waals surface area contributed by atoms with Crippen LogP contribution >= 0.6 is 34.5 Å². The van der Waals surface area contributed by atoms with E-state index in [1.54, 1.807) is 11.4 Å². The van der Waals surface area contributed by atoms with E-state index in [2.05, 4.69) is 15.0 Å². The second-order valence-electron chi connectivity index (χ2n) is 6.86. The number of sulfonamides is 1. The molecular weight excluding hydrogens is 511 g/mol. The second kappa shape index (κ2) is 9.56. The molecule has 9 nitrogen and oxygen atoms in total. The van der Waals surface area contributed by atoms with Crippen molar-refractivity contribution in [3.8, 4) is 0 Å². The highest BCUT2D eigenvalue weighted by molar-refractivity contribution is 7.93. The summed E-state index contributed by atoms with van der Waals surface area (Å²) in [5.41, 5.74) is 0.789. The van der Waals surface area contributed by atoms with Crippen molar-refractivity contribution in [3.05, 3.63) is 64.1 Å². The third kappa shape index (κ3) is 5.38. The van der Waals surface area contributed by atoms with Crippen LogP contribution < -0.4 is 14.9 Å². The van der Waals surface area contributed by atoms with Gasteiger partial charge in [0.25, 0.3) is 15.9 Å². The molecule has 0 radical (unpaired) electrons. The van der Waals surface area contributed by atoms with Crippen molar-refractivity contribution in [3.63, 3.8) is 0 Å². The third-order valence-electron chi connectivity index (χ3n) is 4.69. The lowest BCUT2D eigenvalue weighted by atomic mass is 10.3. The Hall–Kier alpha value is -2.86. The SMILES string of the molecule is O=C(Nc1ccc(Cl)cc1Cl)O[C@H]1CCN(c2ccc(S(=O)(=O)Nc3nccs3)cc2)C1=O.[HH].[HH]. The molecule has 1 aliphatic rings. The maximum absolute atomic E-state index is 12.7. The summed E-state index contributed by atoms with van der Waals surface area (Å²) in [6.45, 7) is 0.307. The van der Waals surface area contributed by atoms with Gasteiger partial charge in [-0.25, -0.2) is 18.2 Å². The third-order valence-corrected chi connectivity index (χ3v) is 7.41. The molecule has 0 bridgehead atoms. The average molecular weight is 531 g/mol. The first-order valence-electron chi connectivity index (χ1n) is 9.49. The summed E-state index contributed by atoms with van der Waals surface area (Å²) < 4.78 is 32.6. The second-order valence-corrected chi connectivity index (χ2v) is 10.3. The molecule has 1 fully saturated rings. The highest BCUT2D eigenvalue weighted by Crippen LogP contribution is 2.28. The van der Waals surface area contributed by atoms with E-state index >= 15 is 0 Å². The molecule has 2 aromatic carbocycles. The van der Waals surface area contributed by atoms with Gasteiger partial charge < -0.3 is 9.64 Å². The molecular formula is C20H20Cl2N4O5S2. The van der Waals surface area contributed by atoms with Gasteiger partial charge in [-0.05, 0) is 42.5 Å². The van der Waals surface area contributed by atoms with Gasteiger partial charge in [-0.15, -0.1) is 11.3 Å². The lowest BCUT2D eigenvalue weighted by Gasteiger charge is -2.17. The van der Waals surface area contributed by atoms with Crippen molar-refractivity contribution in [2.24, 2.45) is 0 Å². The predicted octanol–water partition coefficient (Wildman–Crippen LogP) is 5.10. The molecule has 1 aliphatic heterocycles. The van der Waals surface area contributed by atoms with Gasteiger partial charge in [-0.3, -0.25) is 14.8 Å². The van der Waals surface area contributed by atoms with Crippen molar-refractivity contribution in [1.82, 2.24) is 4.98 Å². The van der Waals surface area contributed by atoms with E-state index < -0.39 is 28.1 Å². The fourth-order valence-electron chi connectivity index (χ4n) is 3.13. The van der Waals surface area contributed by atoms with E-state index in [9.17, 15) is 18.0 Å². The van der Waals surface area contributed by atoms with Gasteiger partial charge in [-0.2, -0.15) is 0 Å². The zero-order valence-electron chi connectivity index (χ0n) is 16.7. The first kappa shape index (κ1) is 23.3. The normalized spacial score (nSPS) is 16.0. The first-order valence-corrected chi connectivity index (χ1v) is 12.6. The van der Waals surface area contributed by atoms with Crippen LogP contribution in [0.1, 0.15) is 9.27 Å². The van der Waals surface area contributed by atoms with Crippen LogP contribution in [-0.4, -0.2) is 38.1 Å². The number of hydrogen-bond donors (Lipinski definition) is 2. The number of carbonyl (C=O) groups is 2. The predicted molar refractivity (Wildman–Crippen MR) is 131 cm³/mol. The van der Waals surface area contributed by atoms with Gasteiger partial charge in [0, 0.05) is 38.1 Å². The maximum Gasteiger partial charge on any atom is 0.412 e. The number of halogens is 2. The first-order chi connectivity index (χ1) is 15.7. The topological polar surface area (TPSA) is 118 Å². The van der Waals surface area contributed by atoms with Crippen molar-refractivity contribution in [2.75, 3.05) is 21.5 Å². The lowest BCUT2D eigenvalue weighted by Crippen LogP contribution is -2.33. The molecule has 0 aliphatic carbocycles. The quantitative estimate of drug-likeness (QED) is 0.457. The zero-order chi connectivity index (χ0) is 23.6. The number of amides is 2. The van der Waals surface area contributed by atoms with Gasteiger partial charge in [0.05, 0.1) is 15.6 Å². The van der Waals surface area contributed by atoms with E-state index in [0.717, 1.165) is 11.3 Å². The Balaban J connectivity index is 0.00000216. The molecule has 2 N–H and O–H groups in total. The molecule has 4 rings (SSSR count). The Morgan fingerprint density at radius 3 is 2.64 bits per heavy atom. The minimum Gasteiger partial charge on any atom is -0.436 e. The summed E-state index contributed by atoms with van der Waals surface area (Å²) in [6.07, 6.45) is -0.0279. The van der Waals surface area contributed by atoms with Crippen molar-refractivity contribution in [2.45, 2.75) is 17.4 Å². The number of benzene rings is 2. The standard InChI is InChI=1S/C20H16Cl2N4O5S2.2H2/c21-12-1-6-16(15(22)11-12)24-20(28)31-17-7-9-26(18(17)27)13-2-4-14(5-3-13)33(29,30)25-19-23-8-10-32-19;;/h1-6,8,10-11,17H,7,9H2,(H,23,25)(H,24,28);2*1H/t17-;;/m0../s1. The molecule has 1 saturated heterocycles. The van der Waals surface area contributed by atoms with Crippen molar-refractivity contribution in [1.29, 1.82) is 0 Å². The number of ether oxygens (including phenoxy) is 1. The van der Waals surface area contributed by atoms with Crippen LogP contribution in [0.25, 0.3) is 0 Å². The zero-order valence-corrected chi connectivity index (χ0v) is 19.8. The van der Waals surface area contributed by atoms with Crippen LogP contribution in [0.2, 0.25) is 10.0 Å². The molecule has 176 valence electrons. The molecule has 13 heteroatoms. The molecule has 3 aromatic rings. The Labute approximate surface area is 206 Å². The number of aromatic nitrogens is 1. The van der Waals surface area contributed by atoms with E-state index in [1.807, 2.05) is 0 Å². The largest absolute Gasteiger partial charge is 0.436 e. The van der Waals surface area contributed by atoms with Gasteiger partial charge >= 0.3 is 6.09 Å². The molecule has 33 heavy (non-hydrogen) atoms. The van der Waals surface area contributed by atoms with E-state index in [4.69, 9.17) is 27.9 Å². The highest BCUT2D eigenvalue weighted by Gasteiger charge is 2.35. The molecule has 1 aromatic heterocycles. The molecule has 0 unspecified atom stereocenters. The maximum atomic E-state index is 12.7.